The topological polar surface area (TPSA) is 66.7 Å². The minimum Gasteiger partial charge on any atom is -0.399 e. The molecule has 0 bridgehead atoms. The highest BCUT2D eigenvalue weighted by atomic mass is 19.1. The van der Waals surface area contributed by atoms with Gasteiger partial charge in [0, 0.05) is 30.5 Å². The molecule has 5 heteroatoms. The standard InChI is InChI=1S/C11H13FN4/c12-10-5-8(13)1-2-11(10)15-4-3-9-6-14-7-16-9/h1-2,5-7,15H,3-4,13H2,(H,14,16). The van der Waals surface area contributed by atoms with Crippen molar-refractivity contribution in [2.45, 2.75) is 6.42 Å². The summed E-state index contributed by atoms with van der Waals surface area (Å²) < 4.78 is 13.4. The van der Waals surface area contributed by atoms with Gasteiger partial charge in [0.05, 0.1) is 12.0 Å². The summed E-state index contributed by atoms with van der Waals surface area (Å²) in [4.78, 5) is 6.89. The zero-order valence-corrected chi connectivity index (χ0v) is 8.70. The Morgan fingerprint density at radius 1 is 1.44 bits per heavy atom. The number of rotatable bonds is 4. The molecule has 4 nitrogen and oxygen atoms in total. The first kappa shape index (κ1) is 10.5. The lowest BCUT2D eigenvalue weighted by molar-refractivity contribution is 0.630. The second-order valence-electron chi connectivity index (χ2n) is 3.49. The summed E-state index contributed by atoms with van der Waals surface area (Å²) in [5.74, 6) is -0.329. The number of nitrogen functional groups attached to an aromatic ring is 1. The maximum absolute atomic E-state index is 13.4. The Morgan fingerprint density at radius 3 is 3.00 bits per heavy atom. The first-order chi connectivity index (χ1) is 7.75. The SMILES string of the molecule is Nc1ccc(NCCc2cnc[nH]2)c(F)c1. The number of imidazole rings is 1. The quantitative estimate of drug-likeness (QED) is 0.688. The van der Waals surface area contributed by atoms with Gasteiger partial charge in [0.15, 0.2) is 0 Å². The fraction of sp³-hybridized carbons (Fsp3) is 0.182. The van der Waals surface area contributed by atoms with Crippen LogP contribution in [0.2, 0.25) is 0 Å². The average molecular weight is 220 g/mol. The molecule has 0 saturated carbocycles. The summed E-state index contributed by atoms with van der Waals surface area (Å²) in [6.07, 6.45) is 4.14. The Bertz CT molecular complexity index is 453. The number of anilines is 2. The maximum atomic E-state index is 13.4. The van der Waals surface area contributed by atoms with Crippen molar-refractivity contribution in [3.63, 3.8) is 0 Å². The Kier molecular flexibility index (Phi) is 3.05. The summed E-state index contributed by atoms with van der Waals surface area (Å²) in [6, 6.07) is 4.61. The van der Waals surface area contributed by atoms with Crippen molar-refractivity contribution >= 4 is 11.4 Å². The van der Waals surface area contributed by atoms with Gasteiger partial charge in [-0.1, -0.05) is 0 Å². The third-order valence-corrected chi connectivity index (χ3v) is 2.26. The van der Waals surface area contributed by atoms with E-state index in [-0.39, 0.29) is 5.82 Å². The van der Waals surface area contributed by atoms with Crippen LogP contribution in [-0.4, -0.2) is 16.5 Å². The van der Waals surface area contributed by atoms with E-state index in [1.54, 1.807) is 24.7 Å². The molecular weight excluding hydrogens is 207 g/mol. The minimum absolute atomic E-state index is 0.329. The number of aromatic amines is 1. The molecule has 0 fully saturated rings. The van der Waals surface area contributed by atoms with Crippen LogP contribution in [0.5, 0.6) is 0 Å². The summed E-state index contributed by atoms with van der Waals surface area (Å²) in [5, 5.41) is 3.00. The number of nitrogens with one attached hydrogen (secondary N) is 2. The highest BCUT2D eigenvalue weighted by Crippen LogP contribution is 2.16. The van der Waals surface area contributed by atoms with Crippen molar-refractivity contribution in [1.82, 2.24) is 9.97 Å². The second-order valence-corrected chi connectivity index (χ2v) is 3.49. The number of nitrogens with two attached hydrogens (primary N) is 1. The van der Waals surface area contributed by atoms with Crippen molar-refractivity contribution in [3.05, 3.63) is 42.2 Å². The molecule has 0 aliphatic carbocycles. The third kappa shape index (κ3) is 2.50. The van der Waals surface area contributed by atoms with Crippen LogP contribution in [0.4, 0.5) is 15.8 Å². The van der Waals surface area contributed by atoms with Gasteiger partial charge in [-0.05, 0) is 18.2 Å². The zero-order valence-electron chi connectivity index (χ0n) is 8.70. The molecule has 16 heavy (non-hydrogen) atoms. The lowest BCUT2D eigenvalue weighted by atomic mass is 10.2. The number of H-pyrrole nitrogens is 1. The molecule has 0 unspecified atom stereocenters. The predicted molar refractivity (Wildman–Crippen MR) is 61.6 cm³/mol. The van der Waals surface area contributed by atoms with Crippen LogP contribution in [0.25, 0.3) is 0 Å². The molecule has 1 aromatic heterocycles. The molecule has 0 atom stereocenters. The molecule has 0 radical (unpaired) electrons. The van der Waals surface area contributed by atoms with Gasteiger partial charge < -0.3 is 16.0 Å². The van der Waals surface area contributed by atoms with Crippen molar-refractivity contribution in [2.24, 2.45) is 0 Å². The van der Waals surface area contributed by atoms with E-state index in [9.17, 15) is 4.39 Å². The van der Waals surface area contributed by atoms with Gasteiger partial charge in [0.25, 0.3) is 0 Å². The molecule has 1 aromatic carbocycles. The normalized spacial score (nSPS) is 10.3. The highest BCUT2D eigenvalue weighted by Gasteiger charge is 2.01. The van der Waals surface area contributed by atoms with Crippen LogP contribution < -0.4 is 11.1 Å². The van der Waals surface area contributed by atoms with Gasteiger partial charge >= 0.3 is 0 Å². The Labute approximate surface area is 92.7 Å². The summed E-state index contributed by atoms with van der Waals surface area (Å²) in [7, 11) is 0. The van der Waals surface area contributed by atoms with Crippen LogP contribution in [-0.2, 0) is 6.42 Å². The highest BCUT2D eigenvalue weighted by molar-refractivity contribution is 5.52. The molecule has 1 heterocycles. The van der Waals surface area contributed by atoms with Crippen LogP contribution in [0, 0.1) is 5.82 Å². The summed E-state index contributed by atoms with van der Waals surface area (Å²) in [5.41, 5.74) is 7.36. The Hall–Kier alpha value is -2.04. The van der Waals surface area contributed by atoms with Gasteiger partial charge in [0.1, 0.15) is 5.82 Å². The molecular formula is C11H13FN4. The van der Waals surface area contributed by atoms with Crippen LogP contribution in [0.15, 0.2) is 30.7 Å². The van der Waals surface area contributed by atoms with Crippen LogP contribution in [0.3, 0.4) is 0 Å². The minimum atomic E-state index is -0.329. The molecule has 0 saturated heterocycles. The van der Waals surface area contributed by atoms with Crippen LogP contribution >= 0.6 is 0 Å². The second kappa shape index (κ2) is 4.65. The van der Waals surface area contributed by atoms with Gasteiger partial charge in [-0.15, -0.1) is 0 Å². The Morgan fingerprint density at radius 2 is 2.31 bits per heavy atom. The van der Waals surface area contributed by atoms with E-state index in [4.69, 9.17) is 5.73 Å². The van der Waals surface area contributed by atoms with Crippen molar-refractivity contribution < 1.29 is 4.39 Å². The van der Waals surface area contributed by atoms with E-state index in [1.165, 1.54) is 6.07 Å². The third-order valence-electron chi connectivity index (χ3n) is 2.26. The number of benzene rings is 1. The zero-order chi connectivity index (χ0) is 11.4. The van der Waals surface area contributed by atoms with E-state index < -0.39 is 0 Å². The molecule has 4 N–H and O–H groups in total. The Balaban J connectivity index is 1.90. The maximum Gasteiger partial charge on any atom is 0.148 e. The van der Waals surface area contributed by atoms with Gasteiger partial charge in [-0.3, -0.25) is 0 Å². The smallest absolute Gasteiger partial charge is 0.148 e. The lowest BCUT2D eigenvalue weighted by Crippen LogP contribution is -2.06. The number of nitrogens with zero attached hydrogens (tertiary/aromatic N) is 1. The number of halogens is 1. The number of hydrogen-bond donors (Lipinski definition) is 3. The predicted octanol–water partition coefficient (Wildman–Crippen LogP) is 1.79. The summed E-state index contributed by atoms with van der Waals surface area (Å²) in [6.45, 7) is 0.642. The van der Waals surface area contributed by atoms with Crippen LogP contribution in [0.1, 0.15) is 5.69 Å². The molecule has 0 spiro atoms. The fourth-order valence-corrected chi connectivity index (χ4v) is 1.43. The number of hydrogen-bond acceptors (Lipinski definition) is 3. The monoisotopic (exact) mass is 220 g/mol. The molecule has 2 aromatic rings. The van der Waals surface area contributed by atoms with E-state index in [1.807, 2.05) is 0 Å². The van der Waals surface area contributed by atoms with E-state index in [2.05, 4.69) is 15.3 Å². The van der Waals surface area contributed by atoms with E-state index in [0.29, 0.717) is 17.9 Å². The van der Waals surface area contributed by atoms with Gasteiger partial charge in [-0.2, -0.15) is 0 Å². The number of aromatic nitrogens is 2. The molecule has 0 aliphatic rings. The first-order valence-electron chi connectivity index (χ1n) is 5.02. The fourth-order valence-electron chi connectivity index (χ4n) is 1.43. The van der Waals surface area contributed by atoms with Crippen molar-refractivity contribution in [3.8, 4) is 0 Å². The van der Waals surface area contributed by atoms with E-state index in [0.717, 1.165) is 12.1 Å². The van der Waals surface area contributed by atoms with Gasteiger partial charge in [-0.25, -0.2) is 9.37 Å². The van der Waals surface area contributed by atoms with Crippen molar-refractivity contribution in [1.29, 1.82) is 0 Å². The van der Waals surface area contributed by atoms with Crippen molar-refractivity contribution in [2.75, 3.05) is 17.6 Å². The van der Waals surface area contributed by atoms with E-state index >= 15 is 0 Å². The first-order valence-corrected chi connectivity index (χ1v) is 5.02. The largest absolute Gasteiger partial charge is 0.399 e. The molecule has 84 valence electrons. The molecule has 2 rings (SSSR count). The average Bonchev–Trinajstić information content (AvgIpc) is 2.74. The van der Waals surface area contributed by atoms with Gasteiger partial charge in [0.2, 0.25) is 0 Å². The molecule has 0 aliphatic heterocycles. The lowest BCUT2D eigenvalue weighted by Gasteiger charge is -2.07. The summed E-state index contributed by atoms with van der Waals surface area (Å²) >= 11 is 0. The molecule has 0 amide bonds.